The van der Waals surface area contributed by atoms with E-state index in [1.807, 2.05) is 24.3 Å². The third-order valence-electron chi connectivity index (χ3n) is 5.75. The number of carbonyl (C=O) groups is 1. The molecule has 4 rings (SSSR count). The van der Waals surface area contributed by atoms with Crippen molar-refractivity contribution in [3.05, 3.63) is 60.2 Å². The molecule has 158 valence electrons. The van der Waals surface area contributed by atoms with Crippen molar-refractivity contribution in [2.75, 3.05) is 24.8 Å². The lowest BCUT2D eigenvalue weighted by molar-refractivity contribution is -0.125. The number of anilines is 1. The van der Waals surface area contributed by atoms with Crippen molar-refractivity contribution in [3.63, 3.8) is 0 Å². The molecule has 0 aliphatic carbocycles. The van der Waals surface area contributed by atoms with E-state index in [1.165, 1.54) is 13.0 Å². The fourth-order valence-corrected chi connectivity index (χ4v) is 4.08. The smallest absolute Gasteiger partial charge is 0.247 e. The van der Waals surface area contributed by atoms with Crippen LogP contribution in [0.5, 0.6) is 0 Å². The summed E-state index contributed by atoms with van der Waals surface area (Å²) in [6, 6.07) is 14.2. The van der Waals surface area contributed by atoms with Crippen LogP contribution >= 0.6 is 0 Å². The number of nitrogens with zero attached hydrogens (tertiary/aromatic N) is 3. The molecule has 0 bridgehead atoms. The Hall–Kier alpha value is -2.77. The maximum atomic E-state index is 14.1. The van der Waals surface area contributed by atoms with E-state index in [2.05, 4.69) is 21.8 Å². The fraction of sp³-hybridized carbons (Fsp3) is 0.391. The Morgan fingerprint density at radius 1 is 1.27 bits per heavy atom. The number of piperidine rings is 1. The quantitative estimate of drug-likeness (QED) is 0.621. The Kier molecular flexibility index (Phi) is 6.11. The topological polar surface area (TPSA) is 61.5 Å². The van der Waals surface area contributed by atoms with Crippen LogP contribution in [0.1, 0.15) is 26.1 Å². The molecular formula is C23H27FN4O2. The van der Waals surface area contributed by atoms with Gasteiger partial charge in [-0.05, 0) is 49.1 Å². The third kappa shape index (κ3) is 4.52. The van der Waals surface area contributed by atoms with E-state index in [-0.39, 0.29) is 11.6 Å². The predicted molar refractivity (Wildman–Crippen MR) is 114 cm³/mol. The number of carbonyl (C=O) groups excluding carboxylic acids is 1. The number of fused-ring (bicyclic) bond motifs is 1. The van der Waals surface area contributed by atoms with Gasteiger partial charge in [-0.15, -0.1) is 0 Å². The van der Waals surface area contributed by atoms with Crippen molar-refractivity contribution < 1.29 is 14.0 Å². The Morgan fingerprint density at radius 3 is 2.77 bits per heavy atom. The van der Waals surface area contributed by atoms with Gasteiger partial charge in [-0.2, -0.15) is 5.06 Å². The molecule has 1 N–H and O–H groups in total. The molecule has 7 heteroatoms. The van der Waals surface area contributed by atoms with Crippen LogP contribution in [-0.2, 0) is 16.2 Å². The van der Waals surface area contributed by atoms with Crippen LogP contribution in [0.3, 0.4) is 0 Å². The number of hydrogen-bond acceptors (Lipinski definition) is 4. The van der Waals surface area contributed by atoms with Crippen molar-refractivity contribution in [2.45, 2.75) is 26.8 Å². The molecule has 1 fully saturated rings. The number of aromatic amines is 1. The molecule has 1 aliphatic rings. The molecule has 1 aromatic heterocycles. The lowest BCUT2D eigenvalue weighted by atomic mass is 9.87. The highest BCUT2D eigenvalue weighted by Crippen LogP contribution is 2.27. The SMILES string of the molecule is CC(=O)N(OC[C@H]1CCN(Cc2nc3ccccc3[nH]2)C[C@H]1C)c1ccccc1F. The highest BCUT2D eigenvalue weighted by atomic mass is 19.1. The summed E-state index contributed by atoms with van der Waals surface area (Å²) < 4.78 is 14.1. The molecule has 0 saturated carbocycles. The Labute approximate surface area is 175 Å². The van der Waals surface area contributed by atoms with Gasteiger partial charge >= 0.3 is 0 Å². The van der Waals surface area contributed by atoms with Gasteiger partial charge in [0.25, 0.3) is 0 Å². The Morgan fingerprint density at radius 2 is 2.03 bits per heavy atom. The largest absolute Gasteiger partial charge is 0.341 e. The normalized spacial score (nSPS) is 19.8. The van der Waals surface area contributed by atoms with Gasteiger partial charge in [0.15, 0.2) is 0 Å². The van der Waals surface area contributed by atoms with Gasteiger partial charge in [-0.25, -0.2) is 9.37 Å². The zero-order chi connectivity index (χ0) is 21.1. The number of hydrogen-bond donors (Lipinski definition) is 1. The predicted octanol–water partition coefficient (Wildman–Crippen LogP) is 4.14. The second-order valence-corrected chi connectivity index (χ2v) is 8.02. The summed E-state index contributed by atoms with van der Waals surface area (Å²) in [6.07, 6.45) is 0.949. The number of H-pyrrole nitrogens is 1. The van der Waals surface area contributed by atoms with Crippen LogP contribution in [0.2, 0.25) is 0 Å². The molecule has 2 aromatic carbocycles. The molecule has 0 radical (unpaired) electrons. The van der Waals surface area contributed by atoms with Gasteiger partial charge < -0.3 is 4.98 Å². The first kappa shape index (κ1) is 20.5. The van der Waals surface area contributed by atoms with E-state index in [0.717, 1.165) is 48.0 Å². The number of benzene rings is 2. The minimum atomic E-state index is -0.471. The summed E-state index contributed by atoms with van der Waals surface area (Å²) in [5.74, 6) is 0.847. The zero-order valence-corrected chi connectivity index (χ0v) is 17.3. The van der Waals surface area contributed by atoms with Gasteiger partial charge in [0, 0.05) is 13.5 Å². The molecule has 30 heavy (non-hydrogen) atoms. The van der Waals surface area contributed by atoms with Crippen LogP contribution in [0, 0.1) is 17.7 Å². The average molecular weight is 410 g/mol. The molecule has 6 nitrogen and oxygen atoms in total. The van der Waals surface area contributed by atoms with Crippen molar-refractivity contribution in [1.82, 2.24) is 14.9 Å². The van der Waals surface area contributed by atoms with Crippen LogP contribution in [0.4, 0.5) is 10.1 Å². The summed E-state index contributed by atoms with van der Waals surface area (Å²) in [4.78, 5) is 28.2. The third-order valence-corrected chi connectivity index (χ3v) is 5.75. The number of rotatable bonds is 6. The van der Waals surface area contributed by atoms with E-state index < -0.39 is 5.82 Å². The second kappa shape index (κ2) is 8.93. The van der Waals surface area contributed by atoms with E-state index in [9.17, 15) is 9.18 Å². The standard InChI is InChI=1S/C23H27FN4O2/c1-16-13-27(14-23-25-20-8-4-5-9-21(20)26-23)12-11-18(16)15-30-28(17(2)29)22-10-6-3-7-19(22)24/h3-10,16,18H,11-15H2,1-2H3,(H,25,26)/t16-,18-/m1/s1. The average Bonchev–Trinajstić information content (AvgIpc) is 3.13. The first-order chi connectivity index (χ1) is 14.5. The summed E-state index contributed by atoms with van der Waals surface area (Å²) in [7, 11) is 0. The van der Waals surface area contributed by atoms with Gasteiger partial charge in [-0.3, -0.25) is 14.5 Å². The number of hydroxylamine groups is 1. The van der Waals surface area contributed by atoms with Gasteiger partial charge in [-0.1, -0.05) is 31.2 Å². The number of amides is 1. The summed E-state index contributed by atoms with van der Waals surface area (Å²) in [6.45, 7) is 6.58. The van der Waals surface area contributed by atoms with Gasteiger partial charge in [0.2, 0.25) is 5.91 Å². The molecule has 0 spiro atoms. The van der Waals surface area contributed by atoms with Crippen LogP contribution in [0.25, 0.3) is 11.0 Å². The molecular weight excluding hydrogens is 383 g/mol. The monoisotopic (exact) mass is 410 g/mol. The molecule has 1 amide bonds. The van der Waals surface area contributed by atoms with Crippen molar-refractivity contribution in [3.8, 4) is 0 Å². The highest BCUT2D eigenvalue weighted by Gasteiger charge is 2.28. The van der Waals surface area contributed by atoms with Gasteiger partial charge in [0.05, 0.1) is 24.2 Å². The number of halogens is 1. The summed E-state index contributed by atoms with van der Waals surface area (Å²) >= 11 is 0. The van der Waals surface area contributed by atoms with Crippen molar-refractivity contribution in [2.24, 2.45) is 11.8 Å². The van der Waals surface area contributed by atoms with Crippen LogP contribution in [-0.4, -0.2) is 40.5 Å². The number of para-hydroxylation sites is 3. The van der Waals surface area contributed by atoms with E-state index >= 15 is 0 Å². The molecule has 2 atom stereocenters. The Balaban J connectivity index is 1.33. The van der Waals surface area contributed by atoms with Crippen molar-refractivity contribution >= 4 is 22.6 Å². The number of likely N-dealkylation sites (tertiary alicyclic amines) is 1. The summed E-state index contributed by atoms with van der Waals surface area (Å²) in [5.41, 5.74) is 2.20. The minimum Gasteiger partial charge on any atom is -0.341 e. The zero-order valence-electron chi connectivity index (χ0n) is 17.3. The molecule has 1 aliphatic heterocycles. The van der Waals surface area contributed by atoms with E-state index in [4.69, 9.17) is 4.84 Å². The molecule has 3 aromatic rings. The lowest BCUT2D eigenvalue weighted by Gasteiger charge is -2.37. The lowest BCUT2D eigenvalue weighted by Crippen LogP contribution is -2.42. The first-order valence-electron chi connectivity index (χ1n) is 10.4. The van der Waals surface area contributed by atoms with Crippen LogP contribution in [0.15, 0.2) is 48.5 Å². The highest BCUT2D eigenvalue weighted by molar-refractivity contribution is 5.89. The van der Waals surface area contributed by atoms with Crippen LogP contribution < -0.4 is 5.06 Å². The molecule has 0 unspecified atom stereocenters. The first-order valence-corrected chi connectivity index (χ1v) is 10.4. The minimum absolute atomic E-state index is 0.153. The molecule has 2 heterocycles. The number of aromatic nitrogens is 2. The number of imidazole rings is 1. The van der Waals surface area contributed by atoms with E-state index in [0.29, 0.717) is 18.4 Å². The summed E-state index contributed by atoms with van der Waals surface area (Å²) in [5, 5.41) is 1.07. The van der Waals surface area contributed by atoms with Gasteiger partial charge in [0.1, 0.15) is 17.3 Å². The van der Waals surface area contributed by atoms with E-state index in [1.54, 1.807) is 18.2 Å². The second-order valence-electron chi connectivity index (χ2n) is 8.02. The maximum absolute atomic E-state index is 14.1. The number of nitrogens with one attached hydrogen (secondary N) is 1. The van der Waals surface area contributed by atoms with Crippen molar-refractivity contribution in [1.29, 1.82) is 0 Å². The fourth-order valence-electron chi connectivity index (χ4n) is 4.08. The Bertz CT molecular complexity index is 988. The molecule has 1 saturated heterocycles. The maximum Gasteiger partial charge on any atom is 0.247 e.